The van der Waals surface area contributed by atoms with Gasteiger partial charge in [-0.3, -0.25) is 0 Å². The Hall–Kier alpha value is -1.60. The number of aryl methyl sites for hydroxylation is 1. The maximum atomic E-state index is 11.8. The Balaban J connectivity index is 3.14. The van der Waals surface area contributed by atoms with E-state index in [1.54, 1.807) is 18.2 Å². The fraction of sp³-hybridized carbons (Fsp3) is 0.250. The molecule has 16 heavy (non-hydrogen) atoms. The van der Waals surface area contributed by atoms with Crippen molar-refractivity contribution >= 4 is 9.84 Å². The van der Waals surface area contributed by atoms with Crippen LogP contribution in [0.2, 0.25) is 0 Å². The molecule has 0 bridgehead atoms. The Morgan fingerprint density at radius 3 is 2.44 bits per heavy atom. The van der Waals surface area contributed by atoms with E-state index < -0.39 is 20.8 Å². The number of sulfone groups is 1. The van der Waals surface area contributed by atoms with Crippen LogP contribution in [0.1, 0.15) is 16.4 Å². The van der Waals surface area contributed by atoms with Crippen LogP contribution in [0, 0.1) is 18.3 Å². The molecule has 0 aliphatic carbocycles. The molecule has 1 atom stereocenters. The Kier molecular flexibility index (Phi) is 3.86. The summed E-state index contributed by atoms with van der Waals surface area (Å²) in [5.74, 6) is -0.489. The minimum Gasteiger partial charge on any atom is -0.227 e. The van der Waals surface area contributed by atoms with Gasteiger partial charge in [-0.05, 0) is 12.5 Å². The lowest BCUT2D eigenvalue weighted by atomic mass is 10.1. The standard InChI is InChI=1S/C12H13NO2S/c1-3-12(16(14,15)9-8-13)11-6-4-10(2)5-7-11/h3-7,12H,1,9H2,2H3. The summed E-state index contributed by atoms with van der Waals surface area (Å²) in [5.41, 5.74) is 1.71. The van der Waals surface area contributed by atoms with Crippen LogP contribution < -0.4 is 0 Å². The Morgan fingerprint density at radius 1 is 1.44 bits per heavy atom. The molecule has 0 saturated carbocycles. The molecule has 1 unspecified atom stereocenters. The molecule has 0 amide bonds. The topological polar surface area (TPSA) is 57.9 Å². The third kappa shape index (κ3) is 2.71. The lowest BCUT2D eigenvalue weighted by Crippen LogP contribution is -2.14. The Labute approximate surface area is 95.9 Å². The molecule has 0 aliphatic rings. The van der Waals surface area contributed by atoms with Gasteiger partial charge in [0.25, 0.3) is 0 Å². The van der Waals surface area contributed by atoms with E-state index >= 15 is 0 Å². The quantitative estimate of drug-likeness (QED) is 0.751. The molecule has 0 heterocycles. The van der Waals surface area contributed by atoms with Crippen molar-refractivity contribution in [1.82, 2.24) is 0 Å². The maximum absolute atomic E-state index is 11.8. The maximum Gasteiger partial charge on any atom is 0.174 e. The summed E-state index contributed by atoms with van der Waals surface area (Å²) in [5, 5.41) is 7.68. The van der Waals surface area contributed by atoms with Crippen molar-refractivity contribution in [3.05, 3.63) is 48.0 Å². The second-order valence-electron chi connectivity index (χ2n) is 3.53. The highest BCUT2D eigenvalue weighted by Crippen LogP contribution is 2.24. The summed E-state index contributed by atoms with van der Waals surface area (Å²) in [6, 6.07) is 8.84. The van der Waals surface area contributed by atoms with Gasteiger partial charge in [0.15, 0.2) is 9.84 Å². The first-order valence-corrected chi connectivity index (χ1v) is 6.50. The van der Waals surface area contributed by atoms with Crippen LogP contribution in [0.5, 0.6) is 0 Å². The van der Waals surface area contributed by atoms with Crippen molar-refractivity contribution < 1.29 is 8.42 Å². The smallest absolute Gasteiger partial charge is 0.174 e. The summed E-state index contributed by atoms with van der Waals surface area (Å²) in [6.45, 7) is 5.45. The van der Waals surface area contributed by atoms with E-state index in [0.29, 0.717) is 5.56 Å². The Morgan fingerprint density at radius 2 is 2.00 bits per heavy atom. The van der Waals surface area contributed by atoms with Crippen LogP contribution in [0.15, 0.2) is 36.9 Å². The molecule has 0 N–H and O–H groups in total. The number of rotatable bonds is 4. The zero-order valence-corrected chi connectivity index (χ0v) is 9.87. The van der Waals surface area contributed by atoms with Crippen LogP contribution in [-0.4, -0.2) is 14.2 Å². The third-order valence-corrected chi connectivity index (χ3v) is 4.04. The van der Waals surface area contributed by atoms with E-state index in [-0.39, 0.29) is 0 Å². The first-order valence-electron chi connectivity index (χ1n) is 4.79. The highest BCUT2D eigenvalue weighted by Gasteiger charge is 2.23. The van der Waals surface area contributed by atoms with Crippen LogP contribution >= 0.6 is 0 Å². The van der Waals surface area contributed by atoms with Crippen molar-refractivity contribution in [2.75, 3.05) is 5.75 Å². The molecule has 0 saturated heterocycles. The van der Waals surface area contributed by atoms with Crippen molar-refractivity contribution in [1.29, 1.82) is 5.26 Å². The Bertz CT molecular complexity index is 509. The predicted octanol–water partition coefficient (Wildman–Crippen LogP) is 2.16. The molecule has 1 aromatic rings. The van der Waals surface area contributed by atoms with Gasteiger partial charge in [-0.1, -0.05) is 35.9 Å². The van der Waals surface area contributed by atoms with Crippen molar-refractivity contribution in [2.45, 2.75) is 12.2 Å². The van der Waals surface area contributed by atoms with E-state index in [4.69, 9.17) is 5.26 Å². The molecule has 0 aliphatic heterocycles. The van der Waals surface area contributed by atoms with Gasteiger partial charge >= 0.3 is 0 Å². The van der Waals surface area contributed by atoms with E-state index in [1.165, 1.54) is 6.08 Å². The molecule has 0 fully saturated rings. The highest BCUT2D eigenvalue weighted by molar-refractivity contribution is 7.92. The van der Waals surface area contributed by atoms with Gasteiger partial charge in [0.2, 0.25) is 0 Å². The van der Waals surface area contributed by atoms with Crippen molar-refractivity contribution in [3.8, 4) is 6.07 Å². The molecule has 1 rings (SSSR count). The fourth-order valence-corrected chi connectivity index (χ4v) is 2.65. The van der Waals surface area contributed by atoms with E-state index in [1.807, 2.05) is 19.1 Å². The largest absolute Gasteiger partial charge is 0.227 e. The minimum absolute atomic E-state index is 0.489. The number of benzene rings is 1. The SMILES string of the molecule is C=CC(c1ccc(C)cc1)S(=O)(=O)CC#N. The minimum atomic E-state index is -3.47. The van der Waals surface area contributed by atoms with Gasteiger partial charge in [-0.15, -0.1) is 6.58 Å². The van der Waals surface area contributed by atoms with Crippen LogP contribution in [0.3, 0.4) is 0 Å². The summed E-state index contributed by atoms with van der Waals surface area (Å²) in [4.78, 5) is 0. The molecule has 0 radical (unpaired) electrons. The number of hydrogen-bond donors (Lipinski definition) is 0. The average molecular weight is 235 g/mol. The molecule has 0 spiro atoms. The lowest BCUT2D eigenvalue weighted by molar-refractivity contribution is 0.593. The molecular formula is C12H13NO2S. The first-order chi connectivity index (χ1) is 7.51. The van der Waals surface area contributed by atoms with Crippen LogP contribution in [-0.2, 0) is 9.84 Å². The molecule has 0 aromatic heterocycles. The molecule has 4 heteroatoms. The second kappa shape index (κ2) is 4.95. The first kappa shape index (κ1) is 12.5. The summed E-state index contributed by atoms with van der Waals surface area (Å²) in [6.07, 6.45) is 1.36. The number of nitriles is 1. The number of hydrogen-bond acceptors (Lipinski definition) is 3. The normalized spacial score (nSPS) is 12.8. The van der Waals surface area contributed by atoms with Gasteiger partial charge < -0.3 is 0 Å². The van der Waals surface area contributed by atoms with Gasteiger partial charge in [0.1, 0.15) is 11.0 Å². The van der Waals surface area contributed by atoms with Gasteiger partial charge in [0, 0.05) is 0 Å². The zero-order chi connectivity index (χ0) is 12.2. The fourth-order valence-electron chi connectivity index (χ4n) is 1.43. The van der Waals surface area contributed by atoms with Gasteiger partial charge in [-0.25, -0.2) is 8.42 Å². The molecular weight excluding hydrogens is 222 g/mol. The van der Waals surface area contributed by atoms with E-state index in [2.05, 4.69) is 6.58 Å². The molecule has 84 valence electrons. The van der Waals surface area contributed by atoms with Gasteiger partial charge in [0.05, 0.1) is 6.07 Å². The predicted molar refractivity (Wildman–Crippen MR) is 63.5 cm³/mol. The molecule has 3 nitrogen and oxygen atoms in total. The second-order valence-corrected chi connectivity index (χ2v) is 5.65. The van der Waals surface area contributed by atoms with Crippen LogP contribution in [0.25, 0.3) is 0 Å². The summed E-state index contributed by atoms with van der Waals surface area (Å²) < 4.78 is 23.5. The third-order valence-electron chi connectivity index (χ3n) is 2.27. The zero-order valence-electron chi connectivity index (χ0n) is 9.05. The van der Waals surface area contributed by atoms with Crippen molar-refractivity contribution in [2.24, 2.45) is 0 Å². The lowest BCUT2D eigenvalue weighted by Gasteiger charge is -2.12. The summed E-state index contributed by atoms with van der Waals surface area (Å²) >= 11 is 0. The van der Waals surface area contributed by atoms with E-state index in [9.17, 15) is 8.42 Å². The monoisotopic (exact) mass is 235 g/mol. The van der Waals surface area contributed by atoms with Crippen LogP contribution in [0.4, 0.5) is 0 Å². The van der Waals surface area contributed by atoms with Crippen molar-refractivity contribution in [3.63, 3.8) is 0 Å². The van der Waals surface area contributed by atoms with E-state index in [0.717, 1.165) is 5.56 Å². The average Bonchev–Trinajstić information content (AvgIpc) is 2.21. The highest BCUT2D eigenvalue weighted by atomic mass is 32.2. The summed E-state index contributed by atoms with van der Waals surface area (Å²) in [7, 11) is -3.47. The number of nitrogens with zero attached hydrogens (tertiary/aromatic N) is 1. The van der Waals surface area contributed by atoms with Gasteiger partial charge in [-0.2, -0.15) is 5.26 Å². The molecule has 1 aromatic carbocycles.